The number of sulfonamides is 1. The number of para-hydroxylation sites is 1. The SMILES string of the molecule is O=[N+]([O-])c1cccc(S(=O)(=O)NCC2COc3ccccc32)c1. The summed E-state index contributed by atoms with van der Waals surface area (Å²) < 4.78 is 32.6. The van der Waals surface area contributed by atoms with Crippen LogP contribution in [-0.2, 0) is 10.0 Å². The first-order chi connectivity index (χ1) is 11.0. The van der Waals surface area contributed by atoms with Crippen LogP contribution >= 0.6 is 0 Å². The van der Waals surface area contributed by atoms with Gasteiger partial charge in [0, 0.05) is 30.2 Å². The molecule has 3 rings (SSSR count). The van der Waals surface area contributed by atoms with Gasteiger partial charge in [-0.1, -0.05) is 24.3 Å². The summed E-state index contributed by atoms with van der Waals surface area (Å²) in [5.74, 6) is 0.673. The fourth-order valence-electron chi connectivity index (χ4n) is 2.46. The van der Waals surface area contributed by atoms with Gasteiger partial charge < -0.3 is 4.74 Å². The third-order valence-corrected chi connectivity index (χ3v) is 5.08. The van der Waals surface area contributed by atoms with Crippen molar-refractivity contribution in [1.82, 2.24) is 4.72 Å². The zero-order chi connectivity index (χ0) is 16.4. The number of nitro benzene ring substituents is 1. The Morgan fingerprint density at radius 2 is 2.00 bits per heavy atom. The minimum absolute atomic E-state index is 0.0836. The number of non-ortho nitro benzene ring substituents is 1. The molecule has 1 unspecified atom stereocenters. The van der Waals surface area contributed by atoms with Gasteiger partial charge in [-0.2, -0.15) is 0 Å². The lowest BCUT2D eigenvalue weighted by atomic mass is 10.0. The molecule has 0 saturated heterocycles. The molecule has 2 aromatic carbocycles. The summed E-state index contributed by atoms with van der Waals surface area (Å²) in [6, 6.07) is 12.4. The van der Waals surface area contributed by atoms with Crippen LogP contribution in [0.15, 0.2) is 53.4 Å². The Morgan fingerprint density at radius 3 is 2.78 bits per heavy atom. The minimum Gasteiger partial charge on any atom is -0.493 e. The maximum Gasteiger partial charge on any atom is 0.270 e. The summed E-state index contributed by atoms with van der Waals surface area (Å²) in [6.45, 7) is 0.568. The predicted molar refractivity (Wildman–Crippen MR) is 83.0 cm³/mol. The van der Waals surface area contributed by atoms with Crippen molar-refractivity contribution in [2.24, 2.45) is 0 Å². The lowest BCUT2D eigenvalue weighted by Gasteiger charge is -2.11. The fourth-order valence-corrected chi connectivity index (χ4v) is 3.58. The summed E-state index contributed by atoms with van der Waals surface area (Å²) in [6.07, 6.45) is 0. The van der Waals surface area contributed by atoms with E-state index < -0.39 is 14.9 Å². The van der Waals surface area contributed by atoms with Crippen molar-refractivity contribution >= 4 is 15.7 Å². The van der Waals surface area contributed by atoms with Crippen LogP contribution in [0.25, 0.3) is 0 Å². The van der Waals surface area contributed by atoms with Crippen molar-refractivity contribution < 1.29 is 18.1 Å². The first kappa shape index (κ1) is 15.4. The second kappa shape index (κ2) is 5.98. The van der Waals surface area contributed by atoms with E-state index in [0.717, 1.165) is 17.4 Å². The molecule has 0 radical (unpaired) electrons. The van der Waals surface area contributed by atoms with E-state index >= 15 is 0 Å². The second-order valence-corrected chi connectivity index (χ2v) is 6.92. The molecule has 7 nitrogen and oxygen atoms in total. The number of fused-ring (bicyclic) bond motifs is 1. The molecule has 8 heteroatoms. The van der Waals surface area contributed by atoms with Crippen molar-refractivity contribution in [3.8, 4) is 5.75 Å². The molecule has 1 N–H and O–H groups in total. The van der Waals surface area contributed by atoms with Gasteiger partial charge in [0.25, 0.3) is 5.69 Å². The Morgan fingerprint density at radius 1 is 1.22 bits per heavy atom. The largest absolute Gasteiger partial charge is 0.493 e. The first-order valence-electron chi connectivity index (χ1n) is 6.93. The highest BCUT2D eigenvalue weighted by atomic mass is 32.2. The third kappa shape index (κ3) is 3.17. The van der Waals surface area contributed by atoms with Crippen molar-refractivity contribution in [1.29, 1.82) is 0 Å². The molecule has 120 valence electrons. The molecule has 0 bridgehead atoms. The lowest BCUT2D eigenvalue weighted by Crippen LogP contribution is -2.29. The molecule has 2 aromatic rings. The summed E-state index contributed by atoms with van der Waals surface area (Å²) in [5.41, 5.74) is 0.691. The molecule has 23 heavy (non-hydrogen) atoms. The molecule has 1 aliphatic heterocycles. The molecule has 0 fully saturated rings. The maximum absolute atomic E-state index is 12.3. The van der Waals surface area contributed by atoms with Crippen LogP contribution in [0.1, 0.15) is 11.5 Å². The van der Waals surface area contributed by atoms with Crippen LogP contribution in [0.4, 0.5) is 5.69 Å². The molecule has 1 atom stereocenters. The topological polar surface area (TPSA) is 98.5 Å². The van der Waals surface area contributed by atoms with Crippen LogP contribution < -0.4 is 9.46 Å². The zero-order valence-electron chi connectivity index (χ0n) is 12.0. The van der Waals surface area contributed by atoms with Crippen molar-refractivity contribution in [2.75, 3.05) is 13.2 Å². The van der Waals surface area contributed by atoms with Crippen molar-refractivity contribution in [3.05, 3.63) is 64.2 Å². The molecular formula is C15H14N2O5S. The minimum atomic E-state index is -3.82. The highest BCUT2D eigenvalue weighted by Gasteiger charge is 2.26. The Labute approximate surface area is 133 Å². The van der Waals surface area contributed by atoms with Crippen LogP contribution in [-0.4, -0.2) is 26.5 Å². The van der Waals surface area contributed by atoms with Gasteiger partial charge in [-0.05, 0) is 12.1 Å². The lowest BCUT2D eigenvalue weighted by molar-refractivity contribution is -0.385. The molecule has 1 heterocycles. The van der Waals surface area contributed by atoms with E-state index in [1.54, 1.807) is 0 Å². The van der Waals surface area contributed by atoms with E-state index in [4.69, 9.17) is 4.74 Å². The van der Waals surface area contributed by atoms with E-state index in [9.17, 15) is 18.5 Å². The number of nitro groups is 1. The third-order valence-electron chi connectivity index (χ3n) is 3.66. The Hall–Kier alpha value is -2.45. The maximum atomic E-state index is 12.3. The van der Waals surface area contributed by atoms with Crippen LogP contribution in [0.2, 0.25) is 0 Å². The average Bonchev–Trinajstić information content (AvgIpc) is 2.96. The molecule has 0 amide bonds. The number of nitrogens with zero attached hydrogens (tertiary/aromatic N) is 1. The van der Waals surface area contributed by atoms with Crippen molar-refractivity contribution in [2.45, 2.75) is 10.8 Å². The van der Waals surface area contributed by atoms with Crippen LogP contribution in [0, 0.1) is 10.1 Å². The van der Waals surface area contributed by atoms with Gasteiger partial charge in [-0.15, -0.1) is 0 Å². The highest BCUT2D eigenvalue weighted by Crippen LogP contribution is 2.33. The summed E-state index contributed by atoms with van der Waals surface area (Å²) in [5, 5.41) is 10.8. The first-order valence-corrected chi connectivity index (χ1v) is 8.41. The Kier molecular flexibility index (Phi) is 4.01. The van der Waals surface area contributed by atoms with E-state index in [1.807, 2.05) is 24.3 Å². The van der Waals surface area contributed by atoms with Gasteiger partial charge >= 0.3 is 0 Å². The number of hydrogen-bond donors (Lipinski definition) is 1. The predicted octanol–water partition coefficient (Wildman–Crippen LogP) is 2.05. The smallest absolute Gasteiger partial charge is 0.270 e. The standard InChI is InChI=1S/C15H14N2O5S/c18-17(19)12-4-3-5-13(8-12)23(20,21)16-9-11-10-22-15-7-2-1-6-14(11)15/h1-8,11,16H,9-10H2. The Bertz CT molecular complexity index is 850. The number of ether oxygens (including phenoxy) is 1. The summed E-state index contributed by atoms with van der Waals surface area (Å²) in [7, 11) is -3.82. The number of benzene rings is 2. The molecule has 0 aromatic heterocycles. The molecule has 0 saturated carbocycles. The van der Waals surface area contributed by atoms with E-state index in [-0.39, 0.29) is 23.0 Å². The van der Waals surface area contributed by atoms with E-state index in [0.29, 0.717) is 6.61 Å². The monoisotopic (exact) mass is 334 g/mol. The highest BCUT2D eigenvalue weighted by molar-refractivity contribution is 7.89. The van der Waals surface area contributed by atoms with Gasteiger partial charge in [-0.3, -0.25) is 10.1 Å². The molecular weight excluding hydrogens is 320 g/mol. The van der Waals surface area contributed by atoms with Crippen LogP contribution in [0.3, 0.4) is 0 Å². The normalized spacial score (nSPS) is 16.6. The quantitative estimate of drug-likeness (QED) is 0.666. The van der Waals surface area contributed by atoms with Gasteiger partial charge in [0.1, 0.15) is 5.75 Å². The molecule has 1 aliphatic rings. The van der Waals surface area contributed by atoms with Gasteiger partial charge in [0.15, 0.2) is 0 Å². The number of nitrogens with one attached hydrogen (secondary N) is 1. The second-order valence-electron chi connectivity index (χ2n) is 5.15. The average molecular weight is 334 g/mol. The van der Waals surface area contributed by atoms with Crippen molar-refractivity contribution in [3.63, 3.8) is 0 Å². The number of rotatable bonds is 5. The fraction of sp³-hybridized carbons (Fsp3) is 0.200. The molecule has 0 spiro atoms. The number of hydrogen-bond acceptors (Lipinski definition) is 5. The van der Waals surface area contributed by atoms with Gasteiger partial charge in [0.2, 0.25) is 10.0 Å². The molecule has 0 aliphatic carbocycles. The van der Waals surface area contributed by atoms with Gasteiger partial charge in [-0.25, -0.2) is 13.1 Å². The summed E-state index contributed by atoms with van der Waals surface area (Å²) >= 11 is 0. The summed E-state index contributed by atoms with van der Waals surface area (Å²) in [4.78, 5) is 10.0. The van der Waals surface area contributed by atoms with Crippen LogP contribution in [0.5, 0.6) is 5.75 Å². The Balaban J connectivity index is 1.75. The van der Waals surface area contributed by atoms with Gasteiger partial charge in [0.05, 0.1) is 16.4 Å². The van der Waals surface area contributed by atoms with E-state index in [2.05, 4.69) is 4.72 Å². The zero-order valence-corrected chi connectivity index (χ0v) is 12.8. The van der Waals surface area contributed by atoms with E-state index in [1.165, 1.54) is 18.2 Å².